The van der Waals surface area contributed by atoms with Crippen molar-refractivity contribution in [1.29, 1.82) is 0 Å². The van der Waals surface area contributed by atoms with E-state index in [1.54, 1.807) is 36.4 Å². The summed E-state index contributed by atoms with van der Waals surface area (Å²) in [4.78, 5) is 81.3. The van der Waals surface area contributed by atoms with Crippen LogP contribution in [0.3, 0.4) is 0 Å². The summed E-state index contributed by atoms with van der Waals surface area (Å²) in [5, 5.41) is 11.7. The van der Waals surface area contributed by atoms with Crippen LogP contribution in [-0.4, -0.2) is 83.0 Å². The molecule has 418 valence electrons. The monoisotopic (exact) mass is 1070 g/mol. The standard InChI is InChI=1S/C61H76N4O13/c1-12-14-23-73-51-21-19-41(31-66)25-45(51)60(70)64-49-27-47(53(75-33-37(3)4)29-55(49)77-35-39(7)8)62-58(68)43-17-16-18-44(57(43)72-11)59(69)63-48-28-50(56(78-36-40(9)10)30-54(48)76-34-38(5)6)65-61(71)46-26-42(32-67)20-22-52(46)74-24-15-13-2/h16-22,25-32,37-40H,12-15,23-24,33-36H2,1-11H3,(H,62,68)(H,63,69)(H,64,70)(H,65,71). The lowest BCUT2D eigenvalue weighted by Gasteiger charge is -2.21. The van der Waals surface area contributed by atoms with Crippen molar-refractivity contribution in [3.8, 4) is 40.2 Å². The second kappa shape index (κ2) is 30.0. The summed E-state index contributed by atoms with van der Waals surface area (Å²) < 4.78 is 42.8. The average molecular weight is 1070 g/mol. The molecule has 0 fully saturated rings. The number of benzene rings is 5. The number of nitrogens with one attached hydrogen (secondary N) is 4. The number of carbonyl (C=O) groups is 6. The van der Waals surface area contributed by atoms with Crippen LogP contribution in [0.4, 0.5) is 22.7 Å². The summed E-state index contributed by atoms with van der Waals surface area (Å²) in [7, 11) is 1.33. The molecule has 0 aliphatic rings. The first kappa shape index (κ1) is 60.8. The zero-order chi connectivity index (χ0) is 56.9. The Kier molecular flexibility index (Phi) is 23.4. The number of amides is 4. The van der Waals surface area contributed by atoms with Crippen molar-refractivity contribution < 1.29 is 61.9 Å². The first-order chi connectivity index (χ1) is 37.4. The Morgan fingerprint density at radius 2 is 0.744 bits per heavy atom. The molecular weight excluding hydrogens is 997 g/mol. The lowest BCUT2D eigenvalue weighted by molar-refractivity contribution is 0.100. The van der Waals surface area contributed by atoms with Gasteiger partial charge in [-0.2, -0.15) is 0 Å². The minimum absolute atomic E-state index is 0.0265. The molecule has 17 heteroatoms. The van der Waals surface area contributed by atoms with Gasteiger partial charge in [-0.05, 0) is 97.2 Å². The quantitative estimate of drug-likeness (QED) is 0.0240. The maximum Gasteiger partial charge on any atom is 0.259 e. The van der Waals surface area contributed by atoms with Gasteiger partial charge in [0.15, 0.2) is 0 Å². The number of hydrogen-bond donors (Lipinski definition) is 4. The summed E-state index contributed by atoms with van der Waals surface area (Å²) in [6.45, 7) is 21.6. The van der Waals surface area contributed by atoms with Crippen LogP contribution < -0.4 is 54.4 Å². The van der Waals surface area contributed by atoms with Gasteiger partial charge in [0, 0.05) is 23.3 Å². The fourth-order valence-electron chi connectivity index (χ4n) is 7.39. The van der Waals surface area contributed by atoms with E-state index in [0.717, 1.165) is 25.7 Å². The Labute approximate surface area is 458 Å². The van der Waals surface area contributed by atoms with E-state index in [0.29, 0.717) is 25.8 Å². The second-order valence-electron chi connectivity index (χ2n) is 20.4. The molecule has 0 saturated carbocycles. The first-order valence-electron chi connectivity index (χ1n) is 26.6. The molecule has 0 radical (unpaired) electrons. The summed E-state index contributed by atoms with van der Waals surface area (Å²) in [6, 6.07) is 19.9. The minimum atomic E-state index is -0.691. The molecule has 0 spiro atoms. The van der Waals surface area contributed by atoms with Crippen LogP contribution >= 0.6 is 0 Å². The molecule has 0 aromatic heterocycles. The Balaban J connectivity index is 1.56. The van der Waals surface area contributed by atoms with Crippen molar-refractivity contribution >= 4 is 59.0 Å². The number of para-hydroxylation sites is 1. The molecule has 5 rings (SSSR count). The molecule has 17 nitrogen and oxygen atoms in total. The van der Waals surface area contributed by atoms with Crippen LogP contribution in [0.2, 0.25) is 0 Å². The summed E-state index contributed by atoms with van der Waals surface area (Å²) in [5.41, 5.74) is 1.42. The van der Waals surface area contributed by atoms with E-state index < -0.39 is 23.6 Å². The fourth-order valence-corrected chi connectivity index (χ4v) is 7.39. The molecule has 5 aromatic rings. The third-order valence-electron chi connectivity index (χ3n) is 11.4. The molecule has 0 atom stereocenters. The van der Waals surface area contributed by atoms with E-state index >= 15 is 0 Å². The molecule has 0 saturated heterocycles. The highest BCUT2D eigenvalue weighted by Gasteiger charge is 2.26. The molecule has 0 bridgehead atoms. The Morgan fingerprint density at radius 1 is 0.423 bits per heavy atom. The number of unbranched alkanes of at least 4 members (excludes halogenated alkanes) is 2. The van der Waals surface area contributed by atoms with Crippen molar-refractivity contribution in [2.75, 3.05) is 68.0 Å². The smallest absolute Gasteiger partial charge is 0.259 e. The minimum Gasteiger partial charge on any atom is -0.495 e. The molecule has 4 amide bonds. The van der Waals surface area contributed by atoms with Crippen molar-refractivity contribution in [2.45, 2.75) is 94.9 Å². The zero-order valence-corrected chi connectivity index (χ0v) is 46.8. The highest BCUT2D eigenvalue weighted by Crippen LogP contribution is 2.41. The number of methoxy groups -OCH3 is 1. The highest BCUT2D eigenvalue weighted by molar-refractivity contribution is 6.14. The molecule has 0 aliphatic carbocycles. The van der Waals surface area contributed by atoms with Gasteiger partial charge in [0.05, 0.1) is 91.8 Å². The number of rotatable bonds is 31. The third kappa shape index (κ3) is 17.5. The number of anilines is 4. The fraction of sp³-hybridized carbons (Fsp3) is 0.410. The van der Waals surface area contributed by atoms with E-state index in [4.69, 9.17) is 33.2 Å². The van der Waals surface area contributed by atoms with Gasteiger partial charge >= 0.3 is 0 Å². The summed E-state index contributed by atoms with van der Waals surface area (Å²) in [6.07, 6.45) is 4.52. The first-order valence-corrected chi connectivity index (χ1v) is 26.6. The number of hydrogen-bond acceptors (Lipinski definition) is 13. The van der Waals surface area contributed by atoms with Gasteiger partial charge in [0.2, 0.25) is 0 Å². The van der Waals surface area contributed by atoms with Gasteiger partial charge in [0.1, 0.15) is 52.8 Å². The van der Waals surface area contributed by atoms with Crippen LogP contribution in [0, 0.1) is 23.7 Å². The Hall–Kier alpha value is -8.08. The van der Waals surface area contributed by atoms with Crippen molar-refractivity contribution in [2.24, 2.45) is 23.7 Å². The van der Waals surface area contributed by atoms with Crippen molar-refractivity contribution in [1.82, 2.24) is 0 Å². The maximum atomic E-state index is 14.6. The predicted octanol–water partition coefficient (Wildman–Crippen LogP) is 12.8. The highest BCUT2D eigenvalue weighted by atomic mass is 16.5. The lowest BCUT2D eigenvalue weighted by atomic mass is 10.1. The van der Waals surface area contributed by atoms with Crippen LogP contribution in [0.1, 0.15) is 157 Å². The number of ether oxygens (including phenoxy) is 7. The molecule has 5 aromatic carbocycles. The third-order valence-corrected chi connectivity index (χ3v) is 11.4. The van der Waals surface area contributed by atoms with Crippen molar-refractivity contribution in [3.05, 3.63) is 112 Å². The average Bonchev–Trinajstić information content (AvgIpc) is 3.50. The number of carbonyl (C=O) groups excluding carboxylic acids is 6. The van der Waals surface area contributed by atoms with Gasteiger partial charge in [-0.15, -0.1) is 0 Å². The van der Waals surface area contributed by atoms with E-state index in [1.165, 1.54) is 49.6 Å². The Bertz CT molecular complexity index is 2690. The summed E-state index contributed by atoms with van der Waals surface area (Å²) >= 11 is 0. The van der Waals surface area contributed by atoms with E-state index in [1.807, 2.05) is 69.2 Å². The van der Waals surface area contributed by atoms with E-state index in [2.05, 4.69) is 21.3 Å². The van der Waals surface area contributed by atoms with Gasteiger partial charge in [-0.1, -0.05) is 88.1 Å². The predicted molar refractivity (Wildman–Crippen MR) is 303 cm³/mol. The van der Waals surface area contributed by atoms with E-state index in [9.17, 15) is 28.8 Å². The molecule has 0 unspecified atom stereocenters. The zero-order valence-electron chi connectivity index (χ0n) is 46.8. The second-order valence-corrected chi connectivity index (χ2v) is 20.4. The van der Waals surface area contributed by atoms with Crippen LogP contribution in [-0.2, 0) is 0 Å². The topological polar surface area (TPSA) is 215 Å². The van der Waals surface area contributed by atoms with Crippen LogP contribution in [0.5, 0.6) is 40.2 Å². The lowest BCUT2D eigenvalue weighted by Crippen LogP contribution is -2.20. The Morgan fingerprint density at radius 3 is 1.03 bits per heavy atom. The molecule has 4 N–H and O–H groups in total. The largest absolute Gasteiger partial charge is 0.495 e. The van der Waals surface area contributed by atoms with Crippen molar-refractivity contribution in [3.63, 3.8) is 0 Å². The normalized spacial score (nSPS) is 11.0. The van der Waals surface area contributed by atoms with Crippen LogP contribution in [0.15, 0.2) is 78.9 Å². The summed E-state index contributed by atoms with van der Waals surface area (Å²) in [5.74, 6) is -0.714. The molecular formula is C61H76N4O13. The molecule has 0 heterocycles. The van der Waals surface area contributed by atoms with Gasteiger partial charge in [-0.3, -0.25) is 28.8 Å². The molecule has 78 heavy (non-hydrogen) atoms. The van der Waals surface area contributed by atoms with E-state index in [-0.39, 0.29) is 146 Å². The number of aldehydes is 2. The van der Waals surface area contributed by atoms with Gasteiger partial charge in [-0.25, -0.2) is 0 Å². The van der Waals surface area contributed by atoms with Gasteiger partial charge in [0.25, 0.3) is 23.6 Å². The van der Waals surface area contributed by atoms with Crippen LogP contribution in [0.25, 0.3) is 0 Å². The maximum absolute atomic E-state index is 14.6. The van der Waals surface area contributed by atoms with Gasteiger partial charge < -0.3 is 54.4 Å². The SMILES string of the molecule is CCCCOc1ccc(C=O)cc1C(=O)Nc1cc(NC(=O)c2cccc(C(=O)Nc3cc(NC(=O)c4cc(C=O)ccc4OCCCC)c(OCC(C)C)cc3OCC(C)C)c2OC)c(OCC(C)C)cc1OCC(C)C. The molecule has 0 aliphatic heterocycles.